The molecule has 1 saturated carbocycles. The minimum Gasteiger partial charge on any atom is -0.301 e. The third-order valence-electron chi connectivity index (χ3n) is 5.58. The summed E-state index contributed by atoms with van der Waals surface area (Å²) in [5.41, 5.74) is 0. The maximum atomic E-state index is 4.47. The first-order chi connectivity index (χ1) is 11.2. The first-order valence-electron chi connectivity index (χ1n) is 9.45. The van der Waals surface area contributed by atoms with Gasteiger partial charge in [-0.1, -0.05) is 40.0 Å². The molecule has 2 fully saturated rings. The number of likely N-dealkylation sites (N-methyl/N-ethyl adjacent to an activating group) is 1. The summed E-state index contributed by atoms with van der Waals surface area (Å²) in [4.78, 5) is 5.12. The Labute approximate surface area is 140 Å². The van der Waals surface area contributed by atoms with Crippen molar-refractivity contribution in [1.29, 1.82) is 0 Å². The van der Waals surface area contributed by atoms with Crippen LogP contribution in [0.1, 0.15) is 70.8 Å². The van der Waals surface area contributed by atoms with E-state index >= 15 is 0 Å². The monoisotopic (exact) mass is 320 g/mol. The molecule has 0 amide bonds. The van der Waals surface area contributed by atoms with Crippen molar-refractivity contribution in [2.45, 2.75) is 65.0 Å². The molecule has 1 aromatic heterocycles. The third kappa shape index (κ3) is 3.74. The Bertz CT molecular complexity index is 471. The van der Waals surface area contributed by atoms with E-state index in [1.54, 1.807) is 0 Å². The second kappa shape index (κ2) is 7.71. The average Bonchev–Trinajstić information content (AvgIpc) is 3.05. The van der Waals surface area contributed by atoms with Crippen molar-refractivity contribution in [1.82, 2.24) is 30.0 Å². The number of rotatable bonds is 5. The van der Waals surface area contributed by atoms with Crippen LogP contribution < -0.4 is 0 Å². The van der Waals surface area contributed by atoms with Crippen LogP contribution >= 0.6 is 0 Å². The Kier molecular flexibility index (Phi) is 5.64. The Morgan fingerprint density at radius 1 is 1.04 bits per heavy atom. The van der Waals surface area contributed by atoms with E-state index in [9.17, 15) is 0 Å². The van der Waals surface area contributed by atoms with Gasteiger partial charge in [-0.2, -0.15) is 0 Å². The summed E-state index contributed by atoms with van der Waals surface area (Å²) in [5.74, 6) is 1.62. The van der Waals surface area contributed by atoms with Crippen molar-refractivity contribution < 1.29 is 0 Å². The van der Waals surface area contributed by atoms with Gasteiger partial charge in [-0.05, 0) is 35.7 Å². The Hall–Kier alpha value is -1.01. The van der Waals surface area contributed by atoms with Crippen molar-refractivity contribution in [3.05, 3.63) is 5.82 Å². The molecule has 1 aromatic rings. The van der Waals surface area contributed by atoms with Crippen LogP contribution in [0.25, 0.3) is 0 Å². The fourth-order valence-corrected chi connectivity index (χ4v) is 4.22. The molecule has 3 rings (SSSR count). The standard InChI is InChI=1S/C17H32N6/c1-4-21-10-12-22(13-11-21)16(14(2)3)17-18-19-20-23(17)15-8-6-5-7-9-15/h14-16H,4-13H2,1-3H3/t16-/m1/s1. The molecule has 2 aliphatic rings. The van der Waals surface area contributed by atoms with E-state index in [0.29, 0.717) is 18.0 Å². The van der Waals surface area contributed by atoms with E-state index in [2.05, 4.69) is 50.8 Å². The van der Waals surface area contributed by atoms with Crippen molar-refractivity contribution in [2.75, 3.05) is 32.7 Å². The van der Waals surface area contributed by atoms with E-state index < -0.39 is 0 Å². The topological polar surface area (TPSA) is 50.1 Å². The summed E-state index contributed by atoms with van der Waals surface area (Å²) in [6.45, 7) is 12.6. The lowest BCUT2D eigenvalue weighted by Crippen LogP contribution is -2.49. The molecule has 1 saturated heterocycles. The molecule has 0 bridgehead atoms. The summed E-state index contributed by atoms with van der Waals surface area (Å²) in [7, 11) is 0. The minimum absolute atomic E-state index is 0.339. The summed E-state index contributed by atoms with van der Waals surface area (Å²) >= 11 is 0. The highest BCUT2D eigenvalue weighted by Gasteiger charge is 2.33. The van der Waals surface area contributed by atoms with E-state index in [-0.39, 0.29) is 0 Å². The van der Waals surface area contributed by atoms with Gasteiger partial charge in [0.25, 0.3) is 0 Å². The quantitative estimate of drug-likeness (QED) is 0.834. The van der Waals surface area contributed by atoms with Crippen molar-refractivity contribution >= 4 is 0 Å². The fraction of sp³-hybridized carbons (Fsp3) is 0.941. The van der Waals surface area contributed by atoms with Crippen molar-refractivity contribution in [3.63, 3.8) is 0 Å². The number of hydrogen-bond donors (Lipinski definition) is 0. The SMILES string of the molecule is CCN1CCN([C@@H](c2nnnn2C2CCCCC2)C(C)C)CC1. The van der Waals surface area contributed by atoms with Crippen LogP contribution in [0.2, 0.25) is 0 Å². The average molecular weight is 320 g/mol. The summed E-state index contributed by atoms with van der Waals surface area (Å²) in [6.07, 6.45) is 6.44. The molecule has 0 unspecified atom stereocenters. The molecule has 0 spiro atoms. The molecule has 6 nitrogen and oxygen atoms in total. The first kappa shape index (κ1) is 16.8. The zero-order chi connectivity index (χ0) is 16.2. The molecule has 23 heavy (non-hydrogen) atoms. The molecule has 130 valence electrons. The number of nitrogens with zero attached hydrogens (tertiary/aromatic N) is 6. The maximum absolute atomic E-state index is 4.47. The van der Waals surface area contributed by atoms with Crippen LogP contribution in [0.4, 0.5) is 0 Å². The Balaban J connectivity index is 1.78. The molecule has 1 atom stereocenters. The zero-order valence-corrected chi connectivity index (χ0v) is 15.0. The highest BCUT2D eigenvalue weighted by molar-refractivity contribution is 4.98. The van der Waals surface area contributed by atoms with E-state index in [1.165, 1.54) is 32.1 Å². The Morgan fingerprint density at radius 2 is 1.74 bits per heavy atom. The van der Waals surface area contributed by atoms with Gasteiger partial charge in [0.1, 0.15) is 0 Å². The highest BCUT2D eigenvalue weighted by atomic mass is 15.6. The first-order valence-corrected chi connectivity index (χ1v) is 9.45. The summed E-state index contributed by atoms with van der Waals surface area (Å²) in [5, 5.41) is 12.9. The van der Waals surface area contributed by atoms with E-state index in [0.717, 1.165) is 38.5 Å². The molecule has 6 heteroatoms. The number of hydrogen-bond acceptors (Lipinski definition) is 5. The maximum Gasteiger partial charge on any atom is 0.168 e. The molecule has 0 N–H and O–H groups in total. The number of piperazine rings is 1. The van der Waals surface area contributed by atoms with Gasteiger partial charge in [-0.25, -0.2) is 4.68 Å². The minimum atomic E-state index is 0.339. The Morgan fingerprint density at radius 3 is 2.35 bits per heavy atom. The lowest BCUT2D eigenvalue weighted by Gasteiger charge is -2.40. The normalized spacial score (nSPS) is 23.5. The van der Waals surface area contributed by atoms with Crippen molar-refractivity contribution in [2.24, 2.45) is 5.92 Å². The molecular weight excluding hydrogens is 288 g/mol. The molecule has 1 aliphatic carbocycles. The van der Waals surface area contributed by atoms with Gasteiger partial charge in [0.05, 0.1) is 12.1 Å². The smallest absolute Gasteiger partial charge is 0.168 e. The number of aromatic nitrogens is 4. The predicted octanol–water partition coefficient (Wildman–Crippen LogP) is 2.51. The van der Waals surface area contributed by atoms with E-state index in [4.69, 9.17) is 0 Å². The predicted molar refractivity (Wildman–Crippen MR) is 91.2 cm³/mol. The lowest BCUT2D eigenvalue weighted by atomic mass is 9.94. The van der Waals surface area contributed by atoms with E-state index in [1.807, 2.05) is 0 Å². The van der Waals surface area contributed by atoms with Gasteiger partial charge in [-0.3, -0.25) is 4.90 Å². The zero-order valence-electron chi connectivity index (χ0n) is 15.0. The van der Waals surface area contributed by atoms with Crippen LogP contribution in [0.3, 0.4) is 0 Å². The van der Waals surface area contributed by atoms with Gasteiger partial charge in [0.2, 0.25) is 0 Å². The largest absolute Gasteiger partial charge is 0.301 e. The van der Waals surface area contributed by atoms with Crippen LogP contribution in [-0.4, -0.2) is 62.7 Å². The highest BCUT2D eigenvalue weighted by Crippen LogP contribution is 2.33. The third-order valence-corrected chi connectivity index (χ3v) is 5.58. The molecule has 1 aliphatic heterocycles. The molecule has 2 heterocycles. The number of tetrazole rings is 1. The van der Waals surface area contributed by atoms with Gasteiger partial charge in [0.15, 0.2) is 5.82 Å². The van der Waals surface area contributed by atoms with Gasteiger partial charge < -0.3 is 4.90 Å². The molecule has 0 aromatic carbocycles. The van der Waals surface area contributed by atoms with Gasteiger partial charge in [0, 0.05) is 26.2 Å². The second-order valence-electron chi connectivity index (χ2n) is 7.43. The second-order valence-corrected chi connectivity index (χ2v) is 7.43. The molecule has 0 radical (unpaired) electrons. The van der Waals surface area contributed by atoms with Crippen LogP contribution in [0.5, 0.6) is 0 Å². The van der Waals surface area contributed by atoms with Crippen LogP contribution in [-0.2, 0) is 0 Å². The summed E-state index contributed by atoms with van der Waals surface area (Å²) in [6, 6.07) is 0.845. The molecular formula is C17H32N6. The van der Waals surface area contributed by atoms with Crippen LogP contribution in [0.15, 0.2) is 0 Å². The fourth-order valence-electron chi connectivity index (χ4n) is 4.22. The van der Waals surface area contributed by atoms with Crippen molar-refractivity contribution in [3.8, 4) is 0 Å². The van der Waals surface area contributed by atoms with Gasteiger partial charge >= 0.3 is 0 Å². The van der Waals surface area contributed by atoms with Crippen LogP contribution in [0, 0.1) is 5.92 Å². The lowest BCUT2D eigenvalue weighted by molar-refractivity contribution is 0.0703. The summed E-state index contributed by atoms with van der Waals surface area (Å²) < 4.78 is 2.16. The van der Waals surface area contributed by atoms with Gasteiger partial charge in [-0.15, -0.1) is 5.10 Å².